The minimum atomic E-state index is -0.340. The van der Waals surface area contributed by atoms with Crippen molar-refractivity contribution in [2.24, 2.45) is 0 Å². The molecule has 2 amide bonds. The molecule has 0 bridgehead atoms. The van der Waals surface area contributed by atoms with Crippen LogP contribution in [0.2, 0.25) is 5.02 Å². The SMILES string of the molecule is O=C(Nc1ccccc1)N(Cc1ccccc1Cl)Cc1cc2cc3c(cc2[nH]c1=O)OCCO3. The quantitative estimate of drug-likeness (QED) is 0.416. The van der Waals surface area contributed by atoms with Gasteiger partial charge >= 0.3 is 6.03 Å². The van der Waals surface area contributed by atoms with Gasteiger partial charge in [0.05, 0.1) is 12.1 Å². The molecule has 0 saturated heterocycles. The molecule has 2 N–H and O–H groups in total. The smallest absolute Gasteiger partial charge is 0.322 e. The Morgan fingerprint density at radius 1 is 0.912 bits per heavy atom. The summed E-state index contributed by atoms with van der Waals surface area (Å²) < 4.78 is 11.3. The number of fused-ring (bicyclic) bond motifs is 2. The fourth-order valence-corrected chi connectivity index (χ4v) is 4.06. The number of urea groups is 1. The van der Waals surface area contributed by atoms with Crippen molar-refractivity contribution in [3.05, 3.63) is 99.3 Å². The lowest BCUT2D eigenvalue weighted by Crippen LogP contribution is -2.35. The Morgan fingerprint density at radius 2 is 1.59 bits per heavy atom. The fraction of sp³-hybridized carbons (Fsp3) is 0.154. The van der Waals surface area contributed by atoms with Gasteiger partial charge in [0.1, 0.15) is 13.2 Å². The van der Waals surface area contributed by atoms with Crippen LogP contribution in [0.4, 0.5) is 10.5 Å². The zero-order chi connectivity index (χ0) is 23.5. The highest BCUT2D eigenvalue weighted by Gasteiger charge is 2.19. The van der Waals surface area contributed by atoms with E-state index >= 15 is 0 Å². The first-order valence-corrected chi connectivity index (χ1v) is 11.2. The van der Waals surface area contributed by atoms with Crippen LogP contribution < -0.4 is 20.3 Å². The number of aromatic amines is 1. The van der Waals surface area contributed by atoms with Crippen molar-refractivity contribution in [2.75, 3.05) is 18.5 Å². The van der Waals surface area contributed by atoms with Crippen molar-refractivity contribution < 1.29 is 14.3 Å². The van der Waals surface area contributed by atoms with Gasteiger partial charge in [-0.05, 0) is 35.9 Å². The molecule has 0 spiro atoms. The Balaban J connectivity index is 1.48. The largest absolute Gasteiger partial charge is 0.486 e. The van der Waals surface area contributed by atoms with Crippen molar-refractivity contribution in [2.45, 2.75) is 13.1 Å². The molecule has 3 aromatic carbocycles. The number of H-pyrrole nitrogens is 1. The molecule has 0 aliphatic carbocycles. The van der Waals surface area contributed by atoms with Gasteiger partial charge in [-0.3, -0.25) is 4.79 Å². The molecular formula is C26H22ClN3O4. The Bertz CT molecular complexity index is 1400. The van der Waals surface area contributed by atoms with Gasteiger partial charge in [-0.25, -0.2) is 4.79 Å². The van der Waals surface area contributed by atoms with Crippen molar-refractivity contribution >= 4 is 34.2 Å². The highest BCUT2D eigenvalue weighted by atomic mass is 35.5. The zero-order valence-corrected chi connectivity index (χ0v) is 19.0. The third-order valence-corrected chi connectivity index (χ3v) is 5.95. The average molecular weight is 476 g/mol. The first-order chi connectivity index (χ1) is 16.6. The number of carbonyl (C=O) groups is 1. The maximum atomic E-state index is 13.2. The molecule has 5 rings (SSSR count). The van der Waals surface area contributed by atoms with Crippen LogP contribution in [0.5, 0.6) is 11.5 Å². The van der Waals surface area contributed by atoms with Crippen LogP contribution in [0.25, 0.3) is 10.9 Å². The molecule has 0 radical (unpaired) electrons. The number of pyridine rings is 1. The van der Waals surface area contributed by atoms with Crippen LogP contribution in [0, 0.1) is 0 Å². The Hall–Kier alpha value is -3.97. The van der Waals surface area contributed by atoms with E-state index in [2.05, 4.69) is 10.3 Å². The second-order valence-electron chi connectivity index (χ2n) is 7.95. The number of amides is 2. The zero-order valence-electron chi connectivity index (χ0n) is 18.2. The molecule has 0 unspecified atom stereocenters. The molecule has 4 aromatic rings. The second kappa shape index (κ2) is 9.49. The highest BCUT2D eigenvalue weighted by molar-refractivity contribution is 6.31. The van der Waals surface area contributed by atoms with Crippen molar-refractivity contribution in [1.29, 1.82) is 0 Å². The first kappa shape index (κ1) is 21.9. The van der Waals surface area contributed by atoms with Crippen LogP contribution in [0.15, 0.2) is 77.6 Å². The predicted molar refractivity (Wildman–Crippen MR) is 132 cm³/mol. The fourth-order valence-electron chi connectivity index (χ4n) is 3.87. The van der Waals surface area contributed by atoms with E-state index in [1.165, 1.54) is 0 Å². The predicted octanol–water partition coefficient (Wildman–Crippen LogP) is 5.19. The van der Waals surface area contributed by atoms with E-state index in [0.29, 0.717) is 46.5 Å². The van der Waals surface area contributed by atoms with Gasteiger partial charge in [0.15, 0.2) is 11.5 Å². The minimum absolute atomic E-state index is 0.0869. The van der Waals surface area contributed by atoms with E-state index in [9.17, 15) is 9.59 Å². The summed E-state index contributed by atoms with van der Waals surface area (Å²) in [6.07, 6.45) is 0. The molecule has 8 heteroatoms. The van der Waals surface area contributed by atoms with Crippen LogP contribution in [-0.4, -0.2) is 29.1 Å². The lowest BCUT2D eigenvalue weighted by Gasteiger charge is -2.24. The van der Waals surface area contributed by atoms with E-state index in [1.54, 1.807) is 35.2 Å². The summed E-state index contributed by atoms with van der Waals surface area (Å²) in [6, 6.07) is 21.5. The second-order valence-corrected chi connectivity index (χ2v) is 8.36. The van der Waals surface area contributed by atoms with Crippen LogP contribution >= 0.6 is 11.6 Å². The number of ether oxygens (including phenoxy) is 2. The minimum Gasteiger partial charge on any atom is -0.486 e. The lowest BCUT2D eigenvalue weighted by atomic mass is 10.1. The summed E-state index contributed by atoms with van der Waals surface area (Å²) in [4.78, 5) is 30.6. The number of para-hydroxylation sites is 1. The third-order valence-electron chi connectivity index (χ3n) is 5.58. The number of nitrogens with zero attached hydrogens (tertiary/aromatic N) is 1. The number of aromatic nitrogens is 1. The standard InChI is InChI=1S/C26H22ClN3O4/c27-21-9-5-4-6-17(21)15-30(26(32)28-20-7-2-1-3-8-20)16-19-12-18-13-23-24(34-11-10-33-23)14-22(18)29-25(19)31/h1-9,12-14H,10-11,15-16H2,(H,28,32)(H,29,31). The van der Waals surface area contributed by atoms with Gasteiger partial charge in [-0.2, -0.15) is 0 Å². The number of benzene rings is 3. The van der Waals surface area contributed by atoms with Gasteiger partial charge in [0.25, 0.3) is 5.56 Å². The number of carbonyl (C=O) groups excluding carboxylic acids is 1. The van der Waals surface area contributed by atoms with Gasteiger partial charge in [0.2, 0.25) is 0 Å². The topological polar surface area (TPSA) is 83.7 Å². The monoisotopic (exact) mass is 475 g/mol. The van der Waals surface area contributed by atoms with Gasteiger partial charge in [-0.1, -0.05) is 48.0 Å². The summed E-state index contributed by atoms with van der Waals surface area (Å²) >= 11 is 6.36. The summed E-state index contributed by atoms with van der Waals surface area (Å²) in [5, 5.41) is 4.24. The van der Waals surface area contributed by atoms with E-state index in [1.807, 2.05) is 42.5 Å². The number of hydrogen-bond acceptors (Lipinski definition) is 4. The van der Waals surface area contributed by atoms with E-state index in [0.717, 1.165) is 10.9 Å². The number of anilines is 1. The third kappa shape index (κ3) is 4.70. The molecule has 0 atom stereocenters. The maximum Gasteiger partial charge on any atom is 0.322 e. The van der Waals surface area contributed by atoms with Crippen LogP contribution in [-0.2, 0) is 13.1 Å². The molecule has 1 aliphatic rings. The summed E-state index contributed by atoms with van der Waals surface area (Å²) in [5.41, 5.74) is 2.25. The Labute approximate surface area is 200 Å². The number of hydrogen-bond donors (Lipinski definition) is 2. The van der Waals surface area contributed by atoms with Gasteiger partial charge < -0.3 is 24.7 Å². The molecule has 0 fully saturated rings. The van der Waals surface area contributed by atoms with Crippen molar-refractivity contribution in [3.8, 4) is 11.5 Å². The molecule has 7 nitrogen and oxygen atoms in total. The van der Waals surface area contributed by atoms with Crippen LogP contribution in [0.3, 0.4) is 0 Å². The molecule has 34 heavy (non-hydrogen) atoms. The summed E-state index contributed by atoms with van der Waals surface area (Å²) in [6.45, 7) is 1.26. The van der Waals surface area contributed by atoms with Gasteiger partial charge in [-0.15, -0.1) is 0 Å². The molecule has 1 aromatic heterocycles. The molecular weight excluding hydrogens is 454 g/mol. The number of halogens is 1. The Kier molecular flexibility index (Phi) is 6.10. The van der Waals surface area contributed by atoms with Crippen molar-refractivity contribution in [3.63, 3.8) is 0 Å². The van der Waals surface area contributed by atoms with Gasteiger partial charge in [0, 0.05) is 34.3 Å². The summed E-state index contributed by atoms with van der Waals surface area (Å²) in [5.74, 6) is 1.23. The van der Waals surface area contributed by atoms with Crippen LogP contribution in [0.1, 0.15) is 11.1 Å². The molecule has 2 heterocycles. The number of rotatable bonds is 5. The Morgan fingerprint density at radius 3 is 2.35 bits per heavy atom. The van der Waals surface area contributed by atoms with E-state index < -0.39 is 0 Å². The molecule has 1 aliphatic heterocycles. The number of nitrogens with one attached hydrogen (secondary N) is 2. The normalized spacial score (nSPS) is 12.4. The maximum absolute atomic E-state index is 13.2. The molecule has 172 valence electrons. The lowest BCUT2D eigenvalue weighted by molar-refractivity contribution is 0.172. The average Bonchev–Trinajstić information content (AvgIpc) is 2.84. The first-order valence-electron chi connectivity index (χ1n) is 10.9. The molecule has 0 saturated carbocycles. The summed E-state index contributed by atoms with van der Waals surface area (Å²) in [7, 11) is 0. The van der Waals surface area contributed by atoms with E-state index in [4.69, 9.17) is 21.1 Å². The van der Waals surface area contributed by atoms with E-state index in [-0.39, 0.29) is 24.7 Å². The highest BCUT2D eigenvalue weighted by Crippen LogP contribution is 2.33. The van der Waals surface area contributed by atoms with Crippen molar-refractivity contribution in [1.82, 2.24) is 9.88 Å².